The van der Waals surface area contributed by atoms with Gasteiger partial charge in [-0.2, -0.15) is 0 Å². The lowest BCUT2D eigenvalue weighted by Crippen LogP contribution is -2.40. The Morgan fingerprint density at radius 1 is 0.381 bits per heavy atom. The number of fused-ring (bicyclic) bond motifs is 2. The number of benzene rings is 6. The summed E-state index contributed by atoms with van der Waals surface area (Å²) in [6, 6.07) is 44.8. The Morgan fingerprint density at radius 3 is 1.10 bits per heavy atom. The maximum Gasteiger partial charge on any atom is 0.335 e. The van der Waals surface area contributed by atoms with Gasteiger partial charge in [-0.05, 0) is 91.7 Å². The van der Waals surface area contributed by atoms with Crippen molar-refractivity contribution in [3.05, 3.63) is 167 Å². The van der Waals surface area contributed by atoms with Crippen LogP contribution in [0.5, 0.6) is 0 Å². The Labute approximate surface area is 243 Å². The van der Waals surface area contributed by atoms with Crippen molar-refractivity contribution in [2.45, 2.75) is 23.7 Å². The van der Waals surface area contributed by atoms with Crippen molar-refractivity contribution in [3.8, 4) is 0 Å². The number of aromatic carboxylic acids is 2. The number of hydrogen-bond donors (Lipinski definition) is 2. The summed E-state index contributed by atoms with van der Waals surface area (Å²) in [5.41, 5.74) is 5.59. The van der Waals surface area contributed by atoms with Gasteiger partial charge >= 0.3 is 11.9 Å². The van der Waals surface area contributed by atoms with E-state index in [0.29, 0.717) is 0 Å². The van der Waals surface area contributed by atoms with E-state index in [-0.39, 0.29) is 34.8 Å². The molecular formula is C38H28O4. The summed E-state index contributed by atoms with van der Waals surface area (Å²) in [7, 11) is 0. The molecule has 2 N–H and O–H groups in total. The van der Waals surface area contributed by atoms with Crippen molar-refractivity contribution in [2.75, 3.05) is 0 Å². The fourth-order valence-electron chi connectivity index (χ4n) is 6.97. The summed E-state index contributed by atoms with van der Waals surface area (Å²) in [5.74, 6) is -1.03. The summed E-state index contributed by atoms with van der Waals surface area (Å²) in [6.45, 7) is 0. The summed E-state index contributed by atoms with van der Waals surface area (Å²) in [5, 5.41) is 22.8. The van der Waals surface area contributed by atoms with E-state index >= 15 is 0 Å². The molecule has 0 aromatic heterocycles. The zero-order valence-corrected chi connectivity index (χ0v) is 22.7. The van der Waals surface area contributed by atoms with Crippen LogP contribution in [-0.2, 0) is 0 Å². The second kappa shape index (κ2) is 10.3. The van der Waals surface area contributed by atoms with Crippen molar-refractivity contribution in [1.29, 1.82) is 0 Å². The Hall–Kier alpha value is -5.22. The van der Waals surface area contributed by atoms with Crippen LogP contribution in [0, 0.1) is 0 Å². The van der Waals surface area contributed by atoms with Gasteiger partial charge in [-0.3, -0.25) is 0 Å². The molecule has 4 nitrogen and oxygen atoms in total. The van der Waals surface area contributed by atoms with Crippen LogP contribution in [0.2, 0.25) is 0 Å². The van der Waals surface area contributed by atoms with Crippen LogP contribution in [0.1, 0.15) is 66.6 Å². The predicted molar refractivity (Wildman–Crippen MR) is 166 cm³/mol. The van der Waals surface area contributed by atoms with Crippen molar-refractivity contribution in [1.82, 2.24) is 0 Å². The highest BCUT2D eigenvalue weighted by Gasteiger charge is 2.52. The standard InChI is InChI=1S/C38H28O4/c39-37(40)31-17-13-25-19-29(15-11-27(25)21-31)35-33(23-7-3-1-4-8-23)34(24-9-5-2-6-10-24)36(35)30-16-12-28-22-32(38(41)42)18-14-26(28)20-30/h1-22,33-36H,(H,39,40)(H,41,42)/t33-,34?,35?,36?/m0/s1. The first-order valence-electron chi connectivity index (χ1n) is 14.1. The van der Waals surface area contributed by atoms with Crippen LogP contribution in [0.25, 0.3) is 21.5 Å². The molecule has 42 heavy (non-hydrogen) atoms. The average molecular weight is 549 g/mol. The maximum atomic E-state index is 11.6. The Balaban J connectivity index is 1.40. The molecule has 1 fully saturated rings. The molecule has 4 atom stereocenters. The minimum Gasteiger partial charge on any atom is -0.478 e. The average Bonchev–Trinajstić information content (AvgIpc) is 3.01. The number of hydrogen-bond acceptors (Lipinski definition) is 2. The van der Waals surface area contributed by atoms with Crippen LogP contribution in [0.4, 0.5) is 0 Å². The van der Waals surface area contributed by atoms with Crippen LogP contribution >= 0.6 is 0 Å². The van der Waals surface area contributed by atoms with E-state index in [2.05, 4.69) is 84.9 Å². The summed E-state index contributed by atoms with van der Waals surface area (Å²) < 4.78 is 0. The molecule has 0 saturated heterocycles. The molecule has 0 aliphatic heterocycles. The highest BCUT2D eigenvalue weighted by Crippen LogP contribution is 2.66. The third-order valence-electron chi connectivity index (χ3n) is 8.91. The zero-order valence-electron chi connectivity index (χ0n) is 22.7. The van der Waals surface area contributed by atoms with Gasteiger partial charge in [0.05, 0.1) is 11.1 Å². The van der Waals surface area contributed by atoms with E-state index in [4.69, 9.17) is 0 Å². The Bertz CT molecular complexity index is 1820. The summed E-state index contributed by atoms with van der Waals surface area (Å²) >= 11 is 0. The predicted octanol–water partition coefficient (Wildman–Crippen LogP) is 8.84. The third kappa shape index (κ3) is 4.42. The highest BCUT2D eigenvalue weighted by atomic mass is 16.4. The fraction of sp³-hybridized carbons (Fsp3) is 0.105. The van der Waals surface area contributed by atoms with E-state index in [1.807, 2.05) is 24.3 Å². The maximum absolute atomic E-state index is 11.6. The Kier molecular flexibility index (Phi) is 6.32. The summed E-state index contributed by atoms with van der Waals surface area (Å²) in [4.78, 5) is 23.1. The van der Waals surface area contributed by atoms with Crippen molar-refractivity contribution >= 4 is 33.5 Å². The lowest BCUT2D eigenvalue weighted by molar-refractivity contribution is 0.0686. The zero-order chi connectivity index (χ0) is 28.8. The first-order valence-corrected chi connectivity index (χ1v) is 14.1. The molecule has 1 saturated carbocycles. The molecule has 6 aromatic rings. The van der Waals surface area contributed by atoms with Gasteiger partial charge in [0.1, 0.15) is 0 Å². The van der Waals surface area contributed by atoms with Gasteiger partial charge in [0.25, 0.3) is 0 Å². The van der Waals surface area contributed by atoms with E-state index in [1.165, 1.54) is 22.3 Å². The molecule has 0 amide bonds. The van der Waals surface area contributed by atoms with Gasteiger partial charge in [-0.1, -0.05) is 109 Å². The van der Waals surface area contributed by atoms with Gasteiger partial charge in [0, 0.05) is 0 Å². The molecule has 6 aromatic carbocycles. The molecular weight excluding hydrogens is 520 g/mol. The van der Waals surface area contributed by atoms with Gasteiger partial charge in [-0.15, -0.1) is 0 Å². The number of carboxylic acids is 2. The molecule has 4 heteroatoms. The lowest BCUT2D eigenvalue weighted by atomic mass is 9.49. The van der Waals surface area contributed by atoms with E-state index in [0.717, 1.165) is 21.5 Å². The minimum absolute atomic E-state index is 0.178. The molecule has 1 aliphatic rings. The number of rotatable bonds is 6. The van der Waals surface area contributed by atoms with Crippen LogP contribution in [-0.4, -0.2) is 22.2 Å². The van der Waals surface area contributed by atoms with Crippen molar-refractivity contribution in [3.63, 3.8) is 0 Å². The van der Waals surface area contributed by atoms with E-state index < -0.39 is 11.9 Å². The second-order valence-corrected chi connectivity index (χ2v) is 11.2. The minimum atomic E-state index is -0.929. The first-order chi connectivity index (χ1) is 20.5. The smallest absolute Gasteiger partial charge is 0.335 e. The van der Waals surface area contributed by atoms with Gasteiger partial charge in [0.15, 0.2) is 0 Å². The number of carbonyl (C=O) groups is 2. The second-order valence-electron chi connectivity index (χ2n) is 11.2. The topological polar surface area (TPSA) is 74.6 Å². The van der Waals surface area contributed by atoms with Crippen LogP contribution in [0.15, 0.2) is 133 Å². The first kappa shape index (κ1) is 25.7. The van der Waals surface area contributed by atoms with E-state index in [1.54, 1.807) is 24.3 Å². The molecule has 204 valence electrons. The molecule has 0 bridgehead atoms. The SMILES string of the molecule is O=C(O)c1ccc2cc(C3C(c4ccccc4)[C@H](c4ccccc4)C3c3ccc4cc(C(=O)O)ccc4c3)ccc2c1. The quantitative estimate of drug-likeness (QED) is 0.218. The molecule has 0 heterocycles. The molecule has 1 aliphatic carbocycles. The highest BCUT2D eigenvalue weighted by molar-refractivity contribution is 5.95. The third-order valence-corrected chi connectivity index (χ3v) is 8.91. The normalized spacial score (nSPS) is 19.8. The van der Waals surface area contributed by atoms with Gasteiger partial charge in [-0.25, -0.2) is 9.59 Å². The molecule has 0 radical (unpaired) electrons. The van der Waals surface area contributed by atoms with Crippen molar-refractivity contribution < 1.29 is 19.8 Å². The van der Waals surface area contributed by atoms with Crippen molar-refractivity contribution in [2.24, 2.45) is 0 Å². The van der Waals surface area contributed by atoms with Crippen LogP contribution < -0.4 is 0 Å². The van der Waals surface area contributed by atoms with Gasteiger partial charge in [0.2, 0.25) is 0 Å². The molecule has 7 rings (SSSR count). The summed E-state index contributed by atoms with van der Waals surface area (Å²) in [6.07, 6.45) is 0. The molecule has 0 spiro atoms. The fourth-order valence-corrected chi connectivity index (χ4v) is 6.97. The Morgan fingerprint density at radius 2 is 0.714 bits per heavy atom. The largest absolute Gasteiger partial charge is 0.478 e. The molecule has 3 unspecified atom stereocenters. The van der Waals surface area contributed by atoms with E-state index in [9.17, 15) is 19.8 Å². The lowest BCUT2D eigenvalue weighted by Gasteiger charge is -2.54. The van der Waals surface area contributed by atoms with Crippen LogP contribution in [0.3, 0.4) is 0 Å². The monoisotopic (exact) mass is 548 g/mol. The van der Waals surface area contributed by atoms with Gasteiger partial charge < -0.3 is 10.2 Å². The number of carboxylic acid groups (broad SMARTS) is 2.